The van der Waals surface area contributed by atoms with Gasteiger partial charge in [-0.1, -0.05) is 12.1 Å². The predicted molar refractivity (Wildman–Crippen MR) is 66.2 cm³/mol. The average molecular weight is 235 g/mol. The first-order chi connectivity index (χ1) is 7.74. The topological polar surface area (TPSA) is 38.3 Å². The number of carbonyl (C=O) groups is 1. The molecule has 0 aliphatic carbocycles. The molecule has 1 aliphatic heterocycles. The van der Waals surface area contributed by atoms with Gasteiger partial charge in [0.05, 0.1) is 0 Å². The lowest BCUT2D eigenvalue weighted by Gasteiger charge is -2.01. The maximum absolute atomic E-state index is 10.7. The molecule has 1 fully saturated rings. The Bertz CT molecular complexity index is 404. The van der Waals surface area contributed by atoms with E-state index in [9.17, 15) is 4.79 Å². The fourth-order valence-corrected chi connectivity index (χ4v) is 2.26. The molecule has 0 saturated carbocycles. The molecule has 0 spiro atoms. The summed E-state index contributed by atoms with van der Waals surface area (Å²) < 4.78 is 4.96. The summed E-state index contributed by atoms with van der Waals surface area (Å²) in [5, 5.41) is 3.26. The number of rotatable bonds is 2. The van der Waals surface area contributed by atoms with Crippen molar-refractivity contribution in [3.8, 4) is 5.75 Å². The van der Waals surface area contributed by atoms with Crippen LogP contribution in [0.2, 0.25) is 0 Å². The van der Waals surface area contributed by atoms with Crippen molar-refractivity contribution < 1.29 is 9.53 Å². The van der Waals surface area contributed by atoms with Crippen molar-refractivity contribution in [3.05, 3.63) is 34.7 Å². The summed E-state index contributed by atoms with van der Waals surface area (Å²) >= 11 is 1.82. The predicted octanol–water partition coefficient (Wildman–Crippen LogP) is 2.25. The van der Waals surface area contributed by atoms with E-state index in [2.05, 4.69) is 11.4 Å². The van der Waals surface area contributed by atoms with Crippen LogP contribution < -0.4 is 10.1 Å². The van der Waals surface area contributed by atoms with Gasteiger partial charge < -0.3 is 10.1 Å². The summed E-state index contributed by atoms with van der Waals surface area (Å²) in [6.45, 7) is 2.34. The maximum atomic E-state index is 10.7. The van der Waals surface area contributed by atoms with Crippen molar-refractivity contribution >= 4 is 23.8 Å². The van der Waals surface area contributed by atoms with E-state index in [1.165, 1.54) is 11.8 Å². The summed E-state index contributed by atoms with van der Waals surface area (Å²) in [4.78, 5) is 12.1. The van der Waals surface area contributed by atoms with Gasteiger partial charge in [-0.05, 0) is 23.8 Å². The van der Waals surface area contributed by atoms with Crippen molar-refractivity contribution in [2.45, 2.75) is 6.92 Å². The Kier molecular flexibility index (Phi) is 3.64. The van der Waals surface area contributed by atoms with Gasteiger partial charge in [0.25, 0.3) is 0 Å². The number of thioether (sulfide) groups is 1. The Morgan fingerprint density at radius 2 is 2.19 bits per heavy atom. The molecule has 16 heavy (non-hydrogen) atoms. The maximum Gasteiger partial charge on any atom is 0.308 e. The van der Waals surface area contributed by atoms with Crippen LogP contribution in [0.5, 0.6) is 5.75 Å². The van der Waals surface area contributed by atoms with Gasteiger partial charge in [0.1, 0.15) is 5.75 Å². The first-order valence-electron chi connectivity index (χ1n) is 5.06. The van der Waals surface area contributed by atoms with Crippen LogP contribution in [0, 0.1) is 0 Å². The lowest BCUT2D eigenvalue weighted by molar-refractivity contribution is -0.131. The second-order valence-electron chi connectivity index (χ2n) is 3.49. The van der Waals surface area contributed by atoms with E-state index in [0.717, 1.165) is 18.0 Å². The molecule has 1 saturated heterocycles. The molecule has 0 amide bonds. The minimum atomic E-state index is -0.290. The Morgan fingerprint density at radius 3 is 2.75 bits per heavy atom. The van der Waals surface area contributed by atoms with Gasteiger partial charge in [-0.25, -0.2) is 0 Å². The Hall–Kier alpha value is -1.26. The molecule has 3 nitrogen and oxygen atoms in total. The number of ether oxygens (including phenoxy) is 1. The van der Waals surface area contributed by atoms with E-state index < -0.39 is 0 Å². The van der Waals surface area contributed by atoms with E-state index in [1.54, 1.807) is 12.1 Å². The second kappa shape index (κ2) is 5.18. The van der Waals surface area contributed by atoms with Crippen LogP contribution in [0.3, 0.4) is 0 Å². The summed E-state index contributed by atoms with van der Waals surface area (Å²) in [5.41, 5.74) is 1.13. The van der Waals surface area contributed by atoms with Crippen molar-refractivity contribution in [2.75, 3.05) is 12.4 Å². The molecule has 2 rings (SSSR count). The van der Waals surface area contributed by atoms with Crippen LogP contribution >= 0.6 is 11.8 Å². The Morgan fingerprint density at radius 1 is 1.44 bits per heavy atom. The van der Waals surface area contributed by atoms with Crippen molar-refractivity contribution in [2.24, 2.45) is 0 Å². The van der Waals surface area contributed by atoms with Gasteiger partial charge >= 0.3 is 5.97 Å². The van der Waals surface area contributed by atoms with E-state index in [1.807, 2.05) is 23.9 Å². The van der Waals surface area contributed by atoms with E-state index in [4.69, 9.17) is 4.74 Å². The summed E-state index contributed by atoms with van der Waals surface area (Å²) in [6, 6.07) is 7.51. The molecule has 0 radical (unpaired) electrons. The van der Waals surface area contributed by atoms with Gasteiger partial charge in [0.2, 0.25) is 0 Å². The lowest BCUT2D eigenvalue weighted by Crippen LogP contribution is -2.04. The number of carbonyl (C=O) groups excluding carboxylic acids is 1. The molecule has 0 unspecified atom stereocenters. The van der Waals surface area contributed by atoms with Crippen LogP contribution in [0.4, 0.5) is 0 Å². The van der Waals surface area contributed by atoms with E-state index >= 15 is 0 Å². The quantitative estimate of drug-likeness (QED) is 0.630. The van der Waals surface area contributed by atoms with Gasteiger partial charge in [-0.15, -0.1) is 11.8 Å². The zero-order chi connectivity index (χ0) is 11.4. The highest BCUT2D eigenvalue weighted by Crippen LogP contribution is 2.23. The minimum absolute atomic E-state index is 0.290. The van der Waals surface area contributed by atoms with Crippen molar-refractivity contribution in [3.63, 3.8) is 0 Å². The number of hydrogen-bond donors (Lipinski definition) is 1. The highest BCUT2D eigenvalue weighted by Gasteiger charge is 2.05. The van der Waals surface area contributed by atoms with Crippen LogP contribution in [0.15, 0.2) is 29.2 Å². The number of nitrogens with one attached hydrogen (secondary N) is 1. The largest absolute Gasteiger partial charge is 0.427 e. The third-order valence-corrected chi connectivity index (χ3v) is 3.11. The highest BCUT2D eigenvalue weighted by atomic mass is 32.2. The third-order valence-electron chi connectivity index (χ3n) is 2.13. The molecular formula is C12H13NO2S. The SMILES string of the molecule is CC(=O)Oc1ccc(C=C2CNCS2)cc1. The zero-order valence-corrected chi connectivity index (χ0v) is 9.84. The van der Waals surface area contributed by atoms with Gasteiger partial charge in [0, 0.05) is 24.3 Å². The summed E-state index contributed by atoms with van der Waals surface area (Å²) in [7, 11) is 0. The smallest absolute Gasteiger partial charge is 0.308 e. The van der Waals surface area contributed by atoms with Crippen LogP contribution in [-0.2, 0) is 4.79 Å². The first-order valence-corrected chi connectivity index (χ1v) is 6.05. The van der Waals surface area contributed by atoms with Gasteiger partial charge in [-0.3, -0.25) is 4.79 Å². The fraction of sp³-hybridized carbons (Fsp3) is 0.250. The molecule has 0 bridgehead atoms. The molecule has 0 atom stereocenters. The van der Waals surface area contributed by atoms with E-state index in [0.29, 0.717) is 5.75 Å². The number of esters is 1. The molecular weight excluding hydrogens is 222 g/mol. The van der Waals surface area contributed by atoms with Gasteiger partial charge in [-0.2, -0.15) is 0 Å². The summed E-state index contributed by atoms with van der Waals surface area (Å²) in [5.74, 6) is 1.28. The molecule has 1 N–H and O–H groups in total. The van der Waals surface area contributed by atoms with Crippen LogP contribution in [0.1, 0.15) is 12.5 Å². The van der Waals surface area contributed by atoms with Crippen LogP contribution in [0.25, 0.3) is 6.08 Å². The normalized spacial score (nSPS) is 17.7. The van der Waals surface area contributed by atoms with Crippen molar-refractivity contribution in [1.29, 1.82) is 0 Å². The minimum Gasteiger partial charge on any atom is -0.427 e. The average Bonchev–Trinajstić information content (AvgIpc) is 2.73. The molecule has 1 aliphatic rings. The Balaban J connectivity index is 2.06. The lowest BCUT2D eigenvalue weighted by atomic mass is 10.2. The second-order valence-corrected chi connectivity index (χ2v) is 4.59. The number of hydrogen-bond acceptors (Lipinski definition) is 4. The Labute approximate surface area is 98.9 Å². The zero-order valence-electron chi connectivity index (χ0n) is 9.03. The highest BCUT2D eigenvalue weighted by molar-refractivity contribution is 8.03. The molecule has 84 valence electrons. The fourth-order valence-electron chi connectivity index (χ4n) is 1.45. The first kappa shape index (κ1) is 11.2. The van der Waals surface area contributed by atoms with Gasteiger partial charge in [0.15, 0.2) is 0 Å². The molecule has 1 heterocycles. The standard InChI is InChI=1S/C12H13NO2S/c1-9(14)15-11-4-2-10(3-5-11)6-12-7-13-8-16-12/h2-6,13H,7-8H2,1H3. The number of benzene rings is 1. The molecule has 1 aromatic carbocycles. The summed E-state index contributed by atoms with van der Waals surface area (Å²) in [6.07, 6.45) is 2.14. The molecule has 1 aromatic rings. The van der Waals surface area contributed by atoms with E-state index in [-0.39, 0.29) is 5.97 Å². The monoisotopic (exact) mass is 235 g/mol. The third kappa shape index (κ3) is 3.12. The molecule has 4 heteroatoms. The van der Waals surface area contributed by atoms with Crippen LogP contribution in [-0.4, -0.2) is 18.4 Å². The van der Waals surface area contributed by atoms with Crippen molar-refractivity contribution in [1.82, 2.24) is 5.32 Å². The molecule has 0 aromatic heterocycles.